The van der Waals surface area contributed by atoms with Gasteiger partial charge < -0.3 is 10.6 Å². The Morgan fingerprint density at radius 3 is 3.00 bits per heavy atom. The number of hydrogen-bond acceptors (Lipinski definition) is 5. The van der Waals surface area contributed by atoms with Crippen LogP contribution in [0.5, 0.6) is 0 Å². The molecule has 0 saturated heterocycles. The Bertz CT molecular complexity index is 438. The molecule has 0 amide bonds. The van der Waals surface area contributed by atoms with E-state index >= 15 is 0 Å². The lowest BCUT2D eigenvalue weighted by molar-refractivity contribution is 0.841. The molecule has 0 aliphatic carbocycles. The highest BCUT2D eigenvalue weighted by atomic mass is 15.2. The van der Waals surface area contributed by atoms with Crippen LogP contribution in [-0.4, -0.2) is 27.2 Å². The number of aromatic amines is 1. The van der Waals surface area contributed by atoms with Crippen molar-refractivity contribution < 1.29 is 0 Å². The van der Waals surface area contributed by atoms with Crippen LogP contribution >= 0.6 is 0 Å². The molecule has 3 N–H and O–H groups in total. The van der Waals surface area contributed by atoms with E-state index in [2.05, 4.69) is 20.2 Å². The van der Waals surface area contributed by atoms with Crippen molar-refractivity contribution in [3.63, 3.8) is 0 Å². The number of nitrogens with zero attached hydrogens (tertiary/aromatic N) is 4. The second-order valence-electron chi connectivity index (χ2n) is 3.51. The first-order chi connectivity index (χ1) is 7.79. The predicted octanol–water partition coefficient (Wildman–Crippen LogP) is 0.295. The highest BCUT2D eigenvalue weighted by Gasteiger charge is 2.05. The number of rotatable bonds is 4. The molecule has 0 unspecified atom stereocenters. The molecule has 0 aliphatic rings. The van der Waals surface area contributed by atoms with Crippen molar-refractivity contribution >= 4 is 5.82 Å². The zero-order valence-electron chi connectivity index (χ0n) is 9.09. The monoisotopic (exact) mass is 218 g/mol. The van der Waals surface area contributed by atoms with Crippen molar-refractivity contribution in [2.75, 3.05) is 11.9 Å². The Kier molecular flexibility index (Phi) is 3.11. The van der Waals surface area contributed by atoms with Crippen LogP contribution in [0.15, 0.2) is 24.7 Å². The zero-order chi connectivity index (χ0) is 11.4. The number of aromatic nitrogens is 4. The molecule has 2 heterocycles. The largest absolute Gasteiger partial charge is 0.354 e. The van der Waals surface area contributed by atoms with Gasteiger partial charge in [0.25, 0.3) is 0 Å². The molecule has 0 radical (unpaired) electrons. The Labute approximate surface area is 93.5 Å². The summed E-state index contributed by atoms with van der Waals surface area (Å²) in [6, 6.07) is 3.82. The Morgan fingerprint density at radius 1 is 1.44 bits per heavy atom. The fourth-order valence-electron chi connectivity index (χ4n) is 1.42. The van der Waals surface area contributed by atoms with Gasteiger partial charge in [-0.3, -0.25) is 5.10 Å². The van der Waals surface area contributed by atoms with Gasteiger partial charge in [0, 0.05) is 25.9 Å². The first-order valence-corrected chi connectivity index (χ1v) is 5.00. The lowest BCUT2D eigenvalue weighted by Gasteiger charge is -2.17. The van der Waals surface area contributed by atoms with Crippen LogP contribution < -0.4 is 10.6 Å². The third-order valence-electron chi connectivity index (χ3n) is 2.28. The summed E-state index contributed by atoms with van der Waals surface area (Å²) in [4.78, 5) is 10.3. The molecule has 84 valence electrons. The van der Waals surface area contributed by atoms with Gasteiger partial charge >= 0.3 is 0 Å². The maximum absolute atomic E-state index is 5.53. The van der Waals surface area contributed by atoms with Crippen molar-refractivity contribution in [3.8, 4) is 0 Å². The fourth-order valence-corrected chi connectivity index (χ4v) is 1.42. The van der Waals surface area contributed by atoms with Crippen molar-refractivity contribution in [1.29, 1.82) is 0 Å². The second-order valence-corrected chi connectivity index (χ2v) is 3.51. The van der Waals surface area contributed by atoms with Gasteiger partial charge in [-0.15, -0.1) is 0 Å². The third-order valence-corrected chi connectivity index (χ3v) is 2.28. The lowest BCUT2D eigenvalue weighted by Crippen LogP contribution is -2.18. The highest BCUT2D eigenvalue weighted by molar-refractivity contribution is 5.38. The SMILES string of the molecule is CN(Cc1ccn[nH]1)c1cc(CN)ncn1. The van der Waals surface area contributed by atoms with Crippen LogP contribution in [-0.2, 0) is 13.1 Å². The van der Waals surface area contributed by atoms with E-state index in [0.29, 0.717) is 6.54 Å². The summed E-state index contributed by atoms with van der Waals surface area (Å²) >= 11 is 0. The Morgan fingerprint density at radius 2 is 2.31 bits per heavy atom. The lowest BCUT2D eigenvalue weighted by atomic mass is 10.3. The molecule has 16 heavy (non-hydrogen) atoms. The van der Waals surface area contributed by atoms with Gasteiger partial charge in [-0.25, -0.2) is 9.97 Å². The second kappa shape index (κ2) is 4.71. The summed E-state index contributed by atoms with van der Waals surface area (Å²) in [6.45, 7) is 1.15. The fraction of sp³-hybridized carbons (Fsp3) is 0.300. The standard InChI is InChI=1S/C10H14N6/c1-16(6-8-2-3-14-15-8)10-4-9(5-11)12-7-13-10/h2-4,7H,5-6,11H2,1H3,(H,14,15). The van der Waals surface area contributed by atoms with Crippen molar-refractivity contribution in [3.05, 3.63) is 36.0 Å². The van der Waals surface area contributed by atoms with Crippen LogP contribution in [0.1, 0.15) is 11.4 Å². The first kappa shape index (κ1) is 10.6. The summed E-state index contributed by atoms with van der Waals surface area (Å²) < 4.78 is 0. The topological polar surface area (TPSA) is 83.7 Å². The number of nitrogens with one attached hydrogen (secondary N) is 1. The van der Waals surface area contributed by atoms with Crippen LogP contribution in [0, 0.1) is 0 Å². The average molecular weight is 218 g/mol. The molecular weight excluding hydrogens is 204 g/mol. The summed E-state index contributed by atoms with van der Waals surface area (Å²) in [7, 11) is 1.96. The van der Waals surface area contributed by atoms with E-state index in [4.69, 9.17) is 5.73 Å². The van der Waals surface area contributed by atoms with Crippen molar-refractivity contribution in [2.45, 2.75) is 13.1 Å². The maximum atomic E-state index is 5.53. The summed E-state index contributed by atoms with van der Waals surface area (Å²) in [5, 5.41) is 6.80. The zero-order valence-corrected chi connectivity index (χ0v) is 9.09. The molecule has 0 aromatic carbocycles. The van der Waals surface area contributed by atoms with E-state index in [1.54, 1.807) is 6.20 Å². The van der Waals surface area contributed by atoms with E-state index in [1.807, 2.05) is 24.1 Å². The van der Waals surface area contributed by atoms with Crippen molar-refractivity contribution in [1.82, 2.24) is 20.2 Å². The molecule has 0 fully saturated rings. The molecule has 6 heteroatoms. The quantitative estimate of drug-likeness (QED) is 0.770. The third kappa shape index (κ3) is 2.34. The van der Waals surface area contributed by atoms with E-state index in [0.717, 1.165) is 23.8 Å². The molecule has 0 spiro atoms. The highest BCUT2D eigenvalue weighted by Crippen LogP contribution is 2.11. The molecule has 0 bridgehead atoms. The molecule has 0 saturated carbocycles. The van der Waals surface area contributed by atoms with Crippen LogP contribution in [0.2, 0.25) is 0 Å². The van der Waals surface area contributed by atoms with E-state index < -0.39 is 0 Å². The minimum atomic E-state index is 0.424. The van der Waals surface area contributed by atoms with Crippen LogP contribution in [0.25, 0.3) is 0 Å². The number of anilines is 1. The normalized spacial score (nSPS) is 10.4. The van der Waals surface area contributed by atoms with E-state index in [-0.39, 0.29) is 0 Å². The summed E-state index contributed by atoms with van der Waals surface area (Å²) in [6.07, 6.45) is 3.26. The maximum Gasteiger partial charge on any atom is 0.132 e. The molecule has 2 rings (SSSR count). The molecule has 6 nitrogen and oxygen atoms in total. The van der Waals surface area contributed by atoms with Gasteiger partial charge in [0.1, 0.15) is 12.1 Å². The Hall–Kier alpha value is -1.95. The molecule has 0 atom stereocenters. The van der Waals surface area contributed by atoms with Crippen molar-refractivity contribution in [2.24, 2.45) is 5.73 Å². The van der Waals surface area contributed by atoms with Gasteiger partial charge in [-0.05, 0) is 6.07 Å². The predicted molar refractivity (Wildman–Crippen MR) is 60.6 cm³/mol. The van der Waals surface area contributed by atoms with Crippen LogP contribution in [0.3, 0.4) is 0 Å². The Balaban J connectivity index is 2.11. The minimum absolute atomic E-state index is 0.424. The van der Waals surface area contributed by atoms with Gasteiger partial charge in [-0.2, -0.15) is 5.10 Å². The molecule has 0 aliphatic heterocycles. The molecular formula is C10H14N6. The number of nitrogens with two attached hydrogens (primary N) is 1. The van der Waals surface area contributed by atoms with Gasteiger partial charge in [0.2, 0.25) is 0 Å². The van der Waals surface area contributed by atoms with E-state index in [9.17, 15) is 0 Å². The smallest absolute Gasteiger partial charge is 0.132 e. The number of H-pyrrole nitrogens is 1. The summed E-state index contributed by atoms with van der Waals surface area (Å²) in [5.41, 5.74) is 7.40. The summed E-state index contributed by atoms with van der Waals surface area (Å²) in [5.74, 6) is 0.852. The van der Waals surface area contributed by atoms with E-state index in [1.165, 1.54) is 6.33 Å². The molecule has 2 aromatic heterocycles. The van der Waals surface area contributed by atoms with Gasteiger partial charge in [-0.1, -0.05) is 0 Å². The number of hydrogen-bond donors (Lipinski definition) is 2. The molecule has 2 aromatic rings. The van der Waals surface area contributed by atoms with Crippen LogP contribution in [0.4, 0.5) is 5.82 Å². The van der Waals surface area contributed by atoms with Gasteiger partial charge in [0.15, 0.2) is 0 Å². The minimum Gasteiger partial charge on any atom is -0.354 e. The first-order valence-electron chi connectivity index (χ1n) is 5.00. The average Bonchev–Trinajstić information content (AvgIpc) is 2.82. The van der Waals surface area contributed by atoms with Gasteiger partial charge in [0.05, 0.1) is 17.9 Å².